The first kappa shape index (κ1) is 40.4. The van der Waals surface area contributed by atoms with Crippen LogP contribution in [0.4, 0.5) is 0 Å². The lowest BCUT2D eigenvalue weighted by molar-refractivity contribution is -0.139. The Morgan fingerprint density at radius 2 is 1.16 bits per heavy atom. The van der Waals surface area contributed by atoms with E-state index in [1.165, 1.54) is 12.2 Å². The molecule has 0 atom stereocenters. The van der Waals surface area contributed by atoms with Gasteiger partial charge in [0.05, 0.1) is 13.2 Å². The van der Waals surface area contributed by atoms with Crippen LogP contribution in [0.25, 0.3) is 0 Å². The van der Waals surface area contributed by atoms with Crippen molar-refractivity contribution in [3.8, 4) is 0 Å². The number of ether oxygens (including phenoxy) is 4. The maximum atomic E-state index is 11.5. The number of carbonyl (C=O) groups excluding carboxylic acids is 2. The summed E-state index contributed by atoms with van der Waals surface area (Å²) in [6.45, 7) is 20.2. The molecule has 0 aliphatic rings. The van der Waals surface area contributed by atoms with Gasteiger partial charge in [0.1, 0.15) is 13.2 Å². The van der Waals surface area contributed by atoms with E-state index < -0.39 is 37.1 Å². The van der Waals surface area contributed by atoms with Crippen LogP contribution in [-0.4, -0.2) is 64.1 Å². The van der Waals surface area contributed by atoms with Crippen molar-refractivity contribution in [1.29, 1.82) is 0 Å². The molecule has 2 aromatic carbocycles. The molecule has 0 bridgehead atoms. The quantitative estimate of drug-likeness (QED) is 0.0594. The van der Waals surface area contributed by atoms with E-state index in [0.717, 1.165) is 46.8 Å². The molecule has 0 N–H and O–H groups in total. The lowest BCUT2D eigenvalue weighted by Crippen LogP contribution is -2.55. The molecule has 0 aliphatic heterocycles. The average Bonchev–Trinajstić information content (AvgIpc) is 2.95. The van der Waals surface area contributed by atoms with Gasteiger partial charge in [0, 0.05) is 25.9 Å². The minimum absolute atomic E-state index is 0. The van der Waals surface area contributed by atoms with E-state index in [0.29, 0.717) is 19.8 Å². The van der Waals surface area contributed by atoms with Gasteiger partial charge < -0.3 is 27.2 Å². The van der Waals surface area contributed by atoms with Gasteiger partial charge in [0.2, 0.25) is 0 Å². The lowest BCUT2D eigenvalue weighted by Gasteiger charge is -2.41. The third-order valence-electron chi connectivity index (χ3n) is 6.67. The molecule has 0 radical (unpaired) electrons. The normalized spacial score (nSPS) is 11.8. The number of carbonyl (C=O) groups is 2. The van der Waals surface area contributed by atoms with E-state index in [1.54, 1.807) is 7.11 Å². The molecule has 0 aliphatic carbocycles. The van der Waals surface area contributed by atoms with Crippen LogP contribution < -0.4 is 0 Å². The van der Waals surface area contributed by atoms with E-state index in [2.05, 4.69) is 70.2 Å². The molecule has 45 heavy (non-hydrogen) atoms. The van der Waals surface area contributed by atoms with Crippen molar-refractivity contribution < 1.29 is 36.8 Å². The summed E-state index contributed by atoms with van der Waals surface area (Å²) in [5.74, 6) is -0.874. The van der Waals surface area contributed by atoms with E-state index in [1.807, 2.05) is 24.3 Å². The number of rotatable bonds is 21. The van der Waals surface area contributed by atoms with Crippen LogP contribution in [-0.2, 0) is 62.1 Å². The Morgan fingerprint density at radius 1 is 0.711 bits per heavy atom. The van der Waals surface area contributed by atoms with Gasteiger partial charge in [-0.2, -0.15) is 0 Å². The highest BCUT2D eigenvalue weighted by atomic mass is 28.5. The summed E-state index contributed by atoms with van der Waals surface area (Å²) in [6.07, 6.45) is 3.18. The molecule has 2 rings (SSSR count). The number of hydrogen-bond acceptors (Lipinski definition) is 8. The number of methoxy groups -OCH3 is 1. The number of hydrogen-bond donors (Lipinski definition) is 0. The summed E-state index contributed by atoms with van der Waals surface area (Å²) in [6, 6.07) is 18.7. The van der Waals surface area contributed by atoms with Crippen molar-refractivity contribution in [3.63, 3.8) is 0 Å². The van der Waals surface area contributed by atoms with E-state index in [-0.39, 0.29) is 20.6 Å². The van der Waals surface area contributed by atoms with Gasteiger partial charge in [-0.25, -0.2) is 9.59 Å². The summed E-state index contributed by atoms with van der Waals surface area (Å²) < 4.78 is 35.6. The minimum atomic E-state index is -2.64. The molecule has 0 saturated carbocycles. The zero-order valence-electron chi connectivity index (χ0n) is 27.3. The van der Waals surface area contributed by atoms with E-state index in [4.69, 9.17) is 27.2 Å². The van der Waals surface area contributed by atoms with Crippen molar-refractivity contribution in [1.82, 2.24) is 0 Å². The fraction of sp³-hybridized carbons (Fsp3) is 0.471. The predicted octanol–water partition coefficient (Wildman–Crippen LogP) is 7.21. The molecule has 0 saturated heterocycles. The Hall–Kier alpha value is -2.65. The van der Waals surface area contributed by atoms with Crippen molar-refractivity contribution in [2.75, 3.05) is 26.9 Å². The van der Waals surface area contributed by atoms with Gasteiger partial charge >= 0.3 is 20.5 Å². The van der Waals surface area contributed by atoms with Crippen LogP contribution >= 0.6 is 0 Å². The van der Waals surface area contributed by atoms with Gasteiger partial charge in [0.15, 0.2) is 16.6 Å². The predicted molar refractivity (Wildman–Crippen MR) is 188 cm³/mol. The first-order valence-electron chi connectivity index (χ1n) is 15.0. The van der Waals surface area contributed by atoms with Crippen LogP contribution in [0.3, 0.4) is 0 Å². The highest BCUT2D eigenvalue weighted by molar-refractivity contribution is 6.88. The number of benzene rings is 2. The highest BCUT2D eigenvalue weighted by Crippen LogP contribution is 2.29. The second kappa shape index (κ2) is 19.8. The Kier molecular flexibility index (Phi) is 17.7. The van der Waals surface area contributed by atoms with Crippen LogP contribution in [0.5, 0.6) is 0 Å². The summed E-state index contributed by atoms with van der Waals surface area (Å²) in [7, 11) is -5.46. The van der Waals surface area contributed by atoms with Crippen molar-refractivity contribution in [2.24, 2.45) is 0 Å². The molecule has 0 heterocycles. The number of esters is 2. The first-order valence-corrected chi connectivity index (χ1v) is 23.8. The minimum Gasteiger partial charge on any atom is -0.458 e. The first-order chi connectivity index (χ1) is 20.8. The van der Waals surface area contributed by atoms with Gasteiger partial charge in [0.25, 0.3) is 0 Å². The second-order valence-corrected chi connectivity index (χ2v) is 24.3. The van der Waals surface area contributed by atoms with Gasteiger partial charge in [-0.05, 0) is 79.5 Å². The SMILES string of the molecule is C.C=CC(=O)OCc1cccc(C[Si](C)(C)O[Si](C)(CCCOCCOC)O[Si](C)(C)Cc2cccc(COC(=O)C=C)c2)c1. The Morgan fingerprint density at radius 3 is 1.58 bits per heavy atom. The molecule has 0 fully saturated rings. The Balaban J connectivity index is 0.0000101. The van der Waals surface area contributed by atoms with Crippen molar-refractivity contribution in [2.45, 2.75) is 77.9 Å². The van der Waals surface area contributed by atoms with E-state index in [9.17, 15) is 9.59 Å². The molecule has 8 nitrogen and oxygen atoms in total. The molecule has 2 aromatic rings. The molecule has 0 amide bonds. The molecule has 0 aromatic heterocycles. The lowest BCUT2D eigenvalue weighted by atomic mass is 10.1. The van der Waals surface area contributed by atoms with Crippen LogP contribution in [0.2, 0.25) is 38.8 Å². The standard InChI is InChI=1S/C33H50O8Si3.CH4/c1-9-32(34)38-24-28-14-11-16-30(22-28)26-42(4,5)40-44(8,21-13-18-37-20-19-36-3)41-43(6,7)27-31-17-12-15-29(23-31)25-39-33(35)10-2;/h9-12,14-17,22-23H,1-2,13,18-21,24-27H2,3-8H3;1H4. The van der Waals surface area contributed by atoms with Crippen molar-refractivity contribution >= 4 is 37.1 Å². The van der Waals surface area contributed by atoms with Gasteiger partial charge in [-0.1, -0.05) is 69.1 Å². The largest absolute Gasteiger partial charge is 0.458 e. The monoisotopic (exact) mass is 674 g/mol. The third-order valence-corrected chi connectivity index (χ3v) is 18.3. The average molecular weight is 675 g/mol. The molecule has 0 unspecified atom stereocenters. The van der Waals surface area contributed by atoms with Crippen LogP contribution in [0, 0.1) is 0 Å². The molecular formula is C34H54O8Si3. The smallest absolute Gasteiger partial charge is 0.330 e. The fourth-order valence-corrected chi connectivity index (χ4v) is 19.7. The maximum absolute atomic E-state index is 11.5. The Bertz CT molecular complexity index is 1150. The Labute approximate surface area is 274 Å². The second-order valence-electron chi connectivity index (χ2n) is 12.2. The summed E-state index contributed by atoms with van der Waals surface area (Å²) >= 11 is 0. The zero-order valence-corrected chi connectivity index (χ0v) is 30.3. The molecular weight excluding hydrogens is 621 g/mol. The molecule has 11 heteroatoms. The van der Waals surface area contributed by atoms with E-state index >= 15 is 0 Å². The van der Waals surface area contributed by atoms with Gasteiger partial charge in [-0.3, -0.25) is 0 Å². The fourth-order valence-electron chi connectivity index (χ4n) is 5.17. The van der Waals surface area contributed by atoms with Crippen molar-refractivity contribution in [3.05, 3.63) is 96.1 Å². The maximum Gasteiger partial charge on any atom is 0.330 e. The van der Waals surface area contributed by atoms with Gasteiger partial charge in [-0.15, -0.1) is 0 Å². The third kappa shape index (κ3) is 16.5. The topological polar surface area (TPSA) is 89.5 Å². The van der Waals surface area contributed by atoms with Crippen LogP contribution in [0.15, 0.2) is 73.8 Å². The summed E-state index contributed by atoms with van der Waals surface area (Å²) in [5.41, 5.74) is 4.17. The zero-order chi connectivity index (χ0) is 32.6. The summed E-state index contributed by atoms with van der Waals surface area (Å²) in [5, 5.41) is 0. The highest BCUT2D eigenvalue weighted by Gasteiger charge is 2.43. The summed E-state index contributed by atoms with van der Waals surface area (Å²) in [4.78, 5) is 23.1. The molecule has 250 valence electrons. The molecule has 0 spiro atoms. The van der Waals surface area contributed by atoms with Crippen LogP contribution in [0.1, 0.15) is 36.1 Å².